The van der Waals surface area contributed by atoms with Gasteiger partial charge in [0, 0.05) is 13.1 Å². The van der Waals surface area contributed by atoms with Crippen molar-refractivity contribution in [1.29, 1.82) is 0 Å². The van der Waals surface area contributed by atoms with Gasteiger partial charge in [0.2, 0.25) is 5.91 Å². The van der Waals surface area contributed by atoms with Crippen LogP contribution in [0.15, 0.2) is 36.9 Å². The van der Waals surface area contributed by atoms with E-state index in [1.807, 2.05) is 6.92 Å². The lowest BCUT2D eigenvalue weighted by Gasteiger charge is -2.28. The van der Waals surface area contributed by atoms with Crippen LogP contribution < -0.4 is 0 Å². The van der Waals surface area contributed by atoms with E-state index in [1.54, 1.807) is 11.0 Å². The van der Waals surface area contributed by atoms with Crippen LogP contribution in [0.1, 0.15) is 30.9 Å². The van der Waals surface area contributed by atoms with E-state index in [2.05, 4.69) is 6.58 Å². The Labute approximate surface area is 128 Å². The number of carbonyl (C=O) groups is 1. The second-order valence-corrected chi connectivity index (χ2v) is 5.94. The van der Waals surface area contributed by atoms with Crippen molar-refractivity contribution in [1.82, 2.24) is 4.90 Å². The first kappa shape index (κ1) is 16.6. The molecule has 1 unspecified atom stereocenters. The molecule has 0 aliphatic carbocycles. The lowest BCUT2D eigenvalue weighted by molar-refractivity contribution is -0.137. The zero-order chi connectivity index (χ0) is 16.4. The molecule has 0 aromatic heterocycles. The van der Waals surface area contributed by atoms with Gasteiger partial charge >= 0.3 is 6.18 Å². The Balaban J connectivity index is 2.18. The normalized spacial score (nSPS) is 21.9. The third-order valence-electron chi connectivity index (χ3n) is 4.51. The fourth-order valence-electron chi connectivity index (χ4n) is 3.10. The average Bonchev–Trinajstić information content (AvgIpc) is 2.90. The molecule has 1 aliphatic rings. The molecule has 5 heteroatoms. The number of amides is 1. The van der Waals surface area contributed by atoms with Gasteiger partial charge in [0.15, 0.2) is 0 Å². The zero-order valence-electron chi connectivity index (χ0n) is 12.6. The molecular formula is C17H20F3NO. The van der Waals surface area contributed by atoms with Crippen molar-refractivity contribution < 1.29 is 18.0 Å². The molecule has 1 atom stereocenters. The summed E-state index contributed by atoms with van der Waals surface area (Å²) >= 11 is 0. The predicted octanol–water partition coefficient (Wildman–Crippen LogP) is 4.06. The number of hydrogen-bond acceptors (Lipinski definition) is 1. The molecule has 1 aromatic rings. The number of carbonyl (C=O) groups excluding carboxylic acids is 1. The number of benzene rings is 1. The lowest BCUT2D eigenvalue weighted by atomic mass is 9.78. The summed E-state index contributed by atoms with van der Waals surface area (Å²) in [6.07, 6.45) is -0.857. The van der Waals surface area contributed by atoms with E-state index in [0.717, 1.165) is 18.9 Å². The van der Waals surface area contributed by atoms with E-state index in [0.29, 0.717) is 25.1 Å². The first-order valence-corrected chi connectivity index (χ1v) is 7.37. The van der Waals surface area contributed by atoms with E-state index in [-0.39, 0.29) is 11.3 Å². The lowest BCUT2D eigenvalue weighted by Crippen LogP contribution is -2.32. The monoisotopic (exact) mass is 311 g/mol. The first-order chi connectivity index (χ1) is 10.3. The summed E-state index contributed by atoms with van der Waals surface area (Å²) in [6, 6.07) is 5.48. The Bertz CT molecular complexity index is 567. The molecule has 1 aliphatic heterocycles. The van der Waals surface area contributed by atoms with Gasteiger partial charge in [0.05, 0.1) is 5.56 Å². The fraction of sp³-hybridized carbons (Fsp3) is 0.471. The van der Waals surface area contributed by atoms with Gasteiger partial charge in [0.25, 0.3) is 0 Å². The summed E-state index contributed by atoms with van der Waals surface area (Å²) in [5, 5.41) is 0. The molecule has 2 nitrogen and oxygen atoms in total. The molecule has 0 saturated carbocycles. The van der Waals surface area contributed by atoms with E-state index in [4.69, 9.17) is 0 Å². The minimum Gasteiger partial charge on any atom is -0.339 e. The molecule has 2 rings (SSSR count). The zero-order valence-corrected chi connectivity index (χ0v) is 12.6. The van der Waals surface area contributed by atoms with Crippen LogP contribution in [0.5, 0.6) is 0 Å². The maximum absolute atomic E-state index is 12.8. The molecule has 0 bridgehead atoms. The maximum atomic E-state index is 12.8. The Morgan fingerprint density at radius 1 is 1.45 bits per heavy atom. The van der Waals surface area contributed by atoms with Crippen LogP contribution in [0.4, 0.5) is 13.2 Å². The molecule has 1 amide bonds. The molecule has 1 fully saturated rings. The highest BCUT2D eigenvalue weighted by atomic mass is 19.4. The van der Waals surface area contributed by atoms with Crippen molar-refractivity contribution >= 4 is 5.91 Å². The number of nitrogens with zero attached hydrogens (tertiary/aromatic N) is 1. The van der Waals surface area contributed by atoms with Gasteiger partial charge in [-0.3, -0.25) is 4.79 Å². The van der Waals surface area contributed by atoms with Gasteiger partial charge in [0.1, 0.15) is 0 Å². The largest absolute Gasteiger partial charge is 0.416 e. The standard InChI is InChI=1S/C17H20F3NO/c1-3-15(22)21-9-8-16(4-2,12-21)11-13-6-5-7-14(10-13)17(18,19)20/h3,5-7,10H,1,4,8-9,11-12H2,2H3. The van der Waals surface area contributed by atoms with Crippen molar-refractivity contribution in [3.05, 3.63) is 48.0 Å². The van der Waals surface area contributed by atoms with E-state index < -0.39 is 11.7 Å². The van der Waals surface area contributed by atoms with Gasteiger partial charge in [-0.25, -0.2) is 0 Å². The summed E-state index contributed by atoms with van der Waals surface area (Å²) in [4.78, 5) is 13.4. The first-order valence-electron chi connectivity index (χ1n) is 7.37. The second kappa shape index (κ2) is 6.15. The quantitative estimate of drug-likeness (QED) is 0.768. The minimum absolute atomic E-state index is 0.112. The van der Waals surface area contributed by atoms with Crippen LogP contribution in [-0.2, 0) is 17.4 Å². The minimum atomic E-state index is -4.32. The molecule has 120 valence electrons. The molecular weight excluding hydrogens is 291 g/mol. The smallest absolute Gasteiger partial charge is 0.339 e. The third-order valence-corrected chi connectivity index (χ3v) is 4.51. The van der Waals surface area contributed by atoms with E-state index >= 15 is 0 Å². The summed E-state index contributed by atoms with van der Waals surface area (Å²) in [5.74, 6) is -0.112. The van der Waals surface area contributed by atoms with Gasteiger partial charge in [-0.1, -0.05) is 31.7 Å². The Morgan fingerprint density at radius 2 is 2.18 bits per heavy atom. The van der Waals surface area contributed by atoms with Crippen LogP contribution in [0, 0.1) is 5.41 Å². The fourth-order valence-corrected chi connectivity index (χ4v) is 3.10. The van der Waals surface area contributed by atoms with Crippen LogP contribution in [-0.4, -0.2) is 23.9 Å². The predicted molar refractivity (Wildman–Crippen MR) is 79.3 cm³/mol. The maximum Gasteiger partial charge on any atom is 0.416 e. The Kier molecular flexibility index (Phi) is 4.63. The van der Waals surface area contributed by atoms with Crippen LogP contribution in [0.3, 0.4) is 0 Å². The molecule has 0 radical (unpaired) electrons. The van der Waals surface area contributed by atoms with Crippen molar-refractivity contribution in [3.63, 3.8) is 0 Å². The topological polar surface area (TPSA) is 20.3 Å². The van der Waals surface area contributed by atoms with Crippen molar-refractivity contribution in [3.8, 4) is 0 Å². The van der Waals surface area contributed by atoms with Gasteiger partial charge in [-0.2, -0.15) is 13.2 Å². The molecule has 0 N–H and O–H groups in total. The molecule has 1 saturated heterocycles. The Morgan fingerprint density at radius 3 is 2.77 bits per heavy atom. The number of likely N-dealkylation sites (tertiary alicyclic amines) is 1. The summed E-state index contributed by atoms with van der Waals surface area (Å²) in [5.41, 5.74) is -0.0963. The van der Waals surface area contributed by atoms with Gasteiger partial charge < -0.3 is 4.90 Å². The highest BCUT2D eigenvalue weighted by Gasteiger charge is 2.38. The van der Waals surface area contributed by atoms with Crippen LogP contribution in [0.25, 0.3) is 0 Å². The highest BCUT2D eigenvalue weighted by molar-refractivity contribution is 5.87. The van der Waals surface area contributed by atoms with Crippen molar-refractivity contribution in [2.75, 3.05) is 13.1 Å². The summed E-state index contributed by atoms with van der Waals surface area (Å²) in [6.45, 7) is 6.72. The van der Waals surface area contributed by atoms with Gasteiger partial charge in [-0.05, 0) is 42.4 Å². The summed E-state index contributed by atoms with van der Waals surface area (Å²) < 4.78 is 38.4. The highest BCUT2D eigenvalue weighted by Crippen LogP contribution is 2.38. The SMILES string of the molecule is C=CC(=O)N1CCC(CC)(Cc2cccc(C(F)(F)F)c2)C1. The number of alkyl halides is 3. The molecule has 0 spiro atoms. The van der Waals surface area contributed by atoms with Crippen LogP contribution >= 0.6 is 0 Å². The van der Waals surface area contributed by atoms with E-state index in [1.165, 1.54) is 18.2 Å². The van der Waals surface area contributed by atoms with Crippen LogP contribution in [0.2, 0.25) is 0 Å². The molecule has 1 aromatic carbocycles. The molecule has 22 heavy (non-hydrogen) atoms. The summed E-state index contributed by atoms with van der Waals surface area (Å²) in [7, 11) is 0. The molecule has 1 heterocycles. The third kappa shape index (κ3) is 3.51. The van der Waals surface area contributed by atoms with E-state index in [9.17, 15) is 18.0 Å². The second-order valence-electron chi connectivity index (χ2n) is 5.94. The number of rotatable bonds is 4. The Hall–Kier alpha value is -1.78. The average molecular weight is 311 g/mol. The van der Waals surface area contributed by atoms with Crippen molar-refractivity contribution in [2.45, 2.75) is 32.4 Å². The number of hydrogen-bond donors (Lipinski definition) is 0. The number of halogens is 3. The van der Waals surface area contributed by atoms with Gasteiger partial charge in [-0.15, -0.1) is 0 Å². The van der Waals surface area contributed by atoms with Crippen molar-refractivity contribution in [2.24, 2.45) is 5.41 Å².